The number of carboxylic acid groups (broad SMARTS) is 1. The standard InChI is InChI=1S/C17H19N5O5S3/c1-27-21-10(8-6-30-17(18)19-8)13(23)20-11-14(24)22-12(16(25)26)7(5-29-15(11)22)9-3-2-4-28-9/h6,9,11,15H,2-5H2,1H3,(H2,18,19)(H,20,23)(H,25,26)/b21-10-/t9?,11-,15-/m1/s1. The first-order chi connectivity index (χ1) is 14.4. The average Bonchev–Trinajstić information content (AvgIpc) is 3.40. The fraction of sp³-hybridized carbons (Fsp3) is 0.471. The van der Waals surface area contributed by atoms with E-state index in [1.54, 1.807) is 17.1 Å². The van der Waals surface area contributed by atoms with Crippen molar-refractivity contribution in [1.82, 2.24) is 15.2 Å². The number of oxime groups is 1. The molecule has 3 aliphatic rings. The molecule has 2 saturated heterocycles. The maximum absolute atomic E-state index is 12.8. The Morgan fingerprint density at radius 1 is 1.43 bits per heavy atom. The number of amides is 2. The number of nitrogens with two attached hydrogens (primary N) is 1. The molecule has 3 atom stereocenters. The van der Waals surface area contributed by atoms with E-state index >= 15 is 0 Å². The number of nitrogen functional groups attached to an aromatic ring is 1. The van der Waals surface area contributed by atoms with Crippen molar-refractivity contribution in [2.75, 3.05) is 24.3 Å². The Morgan fingerprint density at radius 2 is 2.23 bits per heavy atom. The lowest BCUT2D eigenvalue weighted by Crippen LogP contribution is -2.71. The van der Waals surface area contributed by atoms with E-state index in [0.717, 1.165) is 35.5 Å². The SMILES string of the molecule is CO/N=C(\C(=O)N[C@@H]1C(=O)N2C(C(=O)O)=C(C3CCCS3)CS[C@H]12)c1csc(N)n1. The van der Waals surface area contributed by atoms with Crippen LogP contribution in [0.15, 0.2) is 21.8 Å². The van der Waals surface area contributed by atoms with Crippen LogP contribution >= 0.6 is 34.9 Å². The van der Waals surface area contributed by atoms with Gasteiger partial charge in [0.05, 0.1) is 0 Å². The molecule has 0 bridgehead atoms. The van der Waals surface area contributed by atoms with Crippen LogP contribution in [0.3, 0.4) is 0 Å². The number of thioether (sulfide) groups is 2. The van der Waals surface area contributed by atoms with Crippen LogP contribution in [0, 0.1) is 0 Å². The molecule has 2 amide bonds. The predicted octanol–water partition coefficient (Wildman–Crippen LogP) is 0.710. The molecule has 0 spiro atoms. The van der Waals surface area contributed by atoms with E-state index in [0.29, 0.717) is 5.75 Å². The Morgan fingerprint density at radius 3 is 2.83 bits per heavy atom. The highest BCUT2D eigenvalue weighted by atomic mass is 32.2. The molecule has 4 rings (SSSR count). The number of hydrogen-bond donors (Lipinski definition) is 3. The summed E-state index contributed by atoms with van der Waals surface area (Å²) < 4.78 is 0. The summed E-state index contributed by atoms with van der Waals surface area (Å²) in [7, 11) is 1.29. The number of aromatic nitrogens is 1. The molecule has 13 heteroatoms. The second kappa shape index (κ2) is 8.47. The topological polar surface area (TPSA) is 147 Å². The molecule has 10 nitrogen and oxygen atoms in total. The zero-order valence-corrected chi connectivity index (χ0v) is 18.3. The Kier molecular flexibility index (Phi) is 5.93. The van der Waals surface area contributed by atoms with Crippen LogP contribution in [0.1, 0.15) is 18.5 Å². The van der Waals surface area contributed by atoms with Crippen molar-refractivity contribution in [3.63, 3.8) is 0 Å². The van der Waals surface area contributed by atoms with Crippen LogP contribution < -0.4 is 11.1 Å². The van der Waals surface area contributed by atoms with Gasteiger partial charge in [-0.3, -0.25) is 14.5 Å². The normalized spacial score (nSPS) is 26.3. The van der Waals surface area contributed by atoms with Crippen molar-refractivity contribution in [2.45, 2.75) is 29.5 Å². The van der Waals surface area contributed by atoms with Crippen LogP contribution in [0.4, 0.5) is 5.13 Å². The molecule has 30 heavy (non-hydrogen) atoms. The van der Waals surface area contributed by atoms with Crippen LogP contribution in [0.5, 0.6) is 0 Å². The number of fused-ring (bicyclic) bond motifs is 1. The van der Waals surface area contributed by atoms with Crippen LogP contribution in [-0.2, 0) is 19.2 Å². The lowest BCUT2D eigenvalue weighted by atomic mass is 10.00. The summed E-state index contributed by atoms with van der Waals surface area (Å²) in [4.78, 5) is 47.6. The summed E-state index contributed by atoms with van der Waals surface area (Å²) in [5.74, 6) is -0.695. The maximum Gasteiger partial charge on any atom is 0.352 e. The molecule has 1 aromatic rings. The zero-order valence-electron chi connectivity index (χ0n) is 15.9. The highest BCUT2D eigenvalue weighted by Gasteiger charge is 2.55. The van der Waals surface area contributed by atoms with Crippen molar-refractivity contribution >= 4 is 63.5 Å². The number of hydrogen-bond acceptors (Lipinski definition) is 10. The number of rotatable bonds is 6. The van der Waals surface area contributed by atoms with Gasteiger partial charge in [-0.25, -0.2) is 9.78 Å². The molecule has 2 fully saturated rings. The summed E-state index contributed by atoms with van der Waals surface area (Å²) in [6.07, 6.45) is 1.95. The second-order valence-electron chi connectivity index (χ2n) is 6.74. The van der Waals surface area contributed by atoms with Gasteiger partial charge in [0, 0.05) is 16.4 Å². The first kappa shape index (κ1) is 21.0. The lowest BCUT2D eigenvalue weighted by molar-refractivity contribution is -0.150. The number of β-lactam (4-membered cyclic amide) rings is 1. The molecular formula is C17H19N5O5S3. The van der Waals surface area contributed by atoms with Gasteiger partial charge in [-0.2, -0.15) is 11.8 Å². The Labute approximate surface area is 184 Å². The summed E-state index contributed by atoms with van der Waals surface area (Å²) >= 11 is 4.34. The molecule has 1 aromatic heterocycles. The number of thiazole rings is 1. The van der Waals surface area contributed by atoms with Gasteiger partial charge < -0.3 is 21.0 Å². The van der Waals surface area contributed by atoms with Crippen molar-refractivity contribution in [3.8, 4) is 0 Å². The van der Waals surface area contributed by atoms with E-state index in [2.05, 4.69) is 15.5 Å². The number of aliphatic carboxylic acids is 1. The van der Waals surface area contributed by atoms with Crippen LogP contribution in [-0.4, -0.2) is 73.8 Å². The van der Waals surface area contributed by atoms with Crippen molar-refractivity contribution in [3.05, 3.63) is 22.3 Å². The van der Waals surface area contributed by atoms with Gasteiger partial charge in [-0.15, -0.1) is 23.1 Å². The molecule has 3 aliphatic heterocycles. The molecule has 0 aliphatic carbocycles. The zero-order chi connectivity index (χ0) is 21.4. The van der Waals surface area contributed by atoms with E-state index in [4.69, 9.17) is 10.6 Å². The van der Waals surface area contributed by atoms with Crippen LogP contribution in [0.25, 0.3) is 0 Å². The fourth-order valence-electron chi connectivity index (χ4n) is 3.64. The average molecular weight is 470 g/mol. The fourth-order valence-corrected chi connectivity index (χ4v) is 7.07. The summed E-state index contributed by atoms with van der Waals surface area (Å²) in [6, 6.07) is -0.854. The smallest absolute Gasteiger partial charge is 0.352 e. The van der Waals surface area contributed by atoms with Gasteiger partial charge in [0.2, 0.25) is 0 Å². The number of carboxylic acids is 1. The monoisotopic (exact) mass is 469 g/mol. The number of nitrogens with one attached hydrogen (secondary N) is 1. The summed E-state index contributed by atoms with van der Waals surface area (Å²) in [5.41, 5.74) is 6.62. The van der Waals surface area contributed by atoms with E-state index in [1.165, 1.54) is 23.8 Å². The Bertz CT molecular complexity index is 955. The molecule has 4 N–H and O–H groups in total. The second-order valence-corrected chi connectivity index (χ2v) is 10.0. The molecule has 4 heterocycles. The van der Waals surface area contributed by atoms with Gasteiger partial charge in [-0.05, 0) is 24.2 Å². The molecule has 0 aromatic carbocycles. The Hall–Kier alpha value is -2.25. The van der Waals surface area contributed by atoms with Gasteiger partial charge in [0.1, 0.15) is 29.9 Å². The third-order valence-corrected chi connectivity index (χ3v) is 8.39. The van der Waals surface area contributed by atoms with Crippen molar-refractivity contribution in [1.29, 1.82) is 0 Å². The number of anilines is 1. The van der Waals surface area contributed by atoms with Crippen LogP contribution in [0.2, 0.25) is 0 Å². The van der Waals surface area contributed by atoms with Crippen molar-refractivity contribution in [2.24, 2.45) is 5.16 Å². The van der Waals surface area contributed by atoms with Gasteiger partial charge in [-0.1, -0.05) is 5.16 Å². The predicted molar refractivity (Wildman–Crippen MR) is 115 cm³/mol. The minimum absolute atomic E-state index is 0.0618. The van der Waals surface area contributed by atoms with E-state index in [-0.39, 0.29) is 27.5 Å². The third-order valence-electron chi connectivity index (χ3n) is 4.97. The van der Waals surface area contributed by atoms with Crippen molar-refractivity contribution < 1.29 is 24.3 Å². The quantitative estimate of drug-likeness (QED) is 0.311. The maximum atomic E-state index is 12.8. The Balaban J connectivity index is 1.53. The molecular weight excluding hydrogens is 450 g/mol. The van der Waals surface area contributed by atoms with Gasteiger partial charge in [0.15, 0.2) is 10.8 Å². The first-order valence-corrected chi connectivity index (χ1v) is 12.1. The largest absolute Gasteiger partial charge is 0.477 e. The minimum Gasteiger partial charge on any atom is -0.477 e. The minimum atomic E-state index is -1.11. The lowest BCUT2D eigenvalue weighted by Gasteiger charge is -2.50. The summed E-state index contributed by atoms with van der Waals surface area (Å²) in [6.45, 7) is 0. The summed E-state index contributed by atoms with van der Waals surface area (Å²) in [5, 5.41) is 17.6. The van der Waals surface area contributed by atoms with Gasteiger partial charge in [0.25, 0.3) is 11.8 Å². The highest BCUT2D eigenvalue weighted by molar-refractivity contribution is 8.01. The molecule has 1 unspecified atom stereocenters. The number of nitrogens with zero attached hydrogens (tertiary/aromatic N) is 3. The third kappa shape index (κ3) is 3.65. The first-order valence-electron chi connectivity index (χ1n) is 9.08. The molecule has 0 saturated carbocycles. The molecule has 0 radical (unpaired) electrons. The number of carbonyl (C=O) groups excluding carboxylic acids is 2. The highest BCUT2D eigenvalue weighted by Crippen LogP contribution is 2.45. The van der Waals surface area contributed by atoms with E-state index in [1.807, 2.05) is 0 Å². The van der Waals surface area contributed by atoms with E-state index < -0.39 is 29.2 Å². The van der Waals surface area contributed by atoms with Gasteiger partial charge >= 0.3 is 5.97 Å². The molecule has 160 valence electrons. The number of carbonyl (C=O) groups is 3. The van der Waals surface area contributed by atoms with E-state index in [9.17, 15) is 19.5 Å².